The molecule has 1 unspecified atom stereocenters. The number of aromatic nitrogens is 3. The summed E-state index contributed by atoms with van der Waals surface area (Å²) in [5.41, 5.74) is -0.115. The van der Waals surface area contributed by atoms with Crippen molar-refractivity contribution in [3.63, 3.8) is 0 Å². The van der Waals surface area contributed by atoms with Crippen molar-refractivity contribution >= 4 is 5.91 Å². The van der Waals surface area contributed by atoms with Gasteiger partial charge in [-0.15, -0.1) is 5.10 Å². The van der Waals surface area contributed by atoms with Crippen molar-refractivity contribution in [3.05, 3.63) is 11.6 Å². The Balaban J connectivity index is 1.71. The maximum Gasteiger partial charge on any atom is 0.293 e. The maximum atomic E-state index is 12.5. The number of aromatic amines is 1. The van der Waals surface area contributed by atoms with Crippen LogP contribution in [-0.4, -0.2) is 63.1 Å². The maximum absolute atomic E-state index is 12.5. The average molecular weight is 277 g/mol. The van der Waals surface area contributed by atoms with E-state index in [9.17, 15) is 4.79 Å². The van der Waals surface area contributed by atoms with Crippen molar-refractivity contribution in [3.8, 4) is 0 Å². The van der Waals surface area contributed by atoms with Gasteiger partial charge >= 0.3 is 0 Å². The lowest BCUT2D eigenvalue weighted by molar-refractivity contribution is 0.0560. The minimum Gasteiger partial charge on any atom is -0.333 e. The summed E-state index contributed by atoms with van der Waals surface area (Å²) in [6.07, 6.45) is 2.45. The molecule has 1 aromatic rings. The van der Waals surface area contributed by atoms with Crippen molar-refractivity contribution in [2.45, 2.75) is 45.1 Å². The summed E-state index contributed by atoms with van der Waals surface area (Å²) in [5.74, 6) is 1.03. The van der Waals surface area contributed by atoms with Crippen molar-refractivity contribution in [1.82, 2.24) is 25.0 Å². The number of fused-ring (bicyclic) bond motifs is 1. The number of carbonyl (C=O) groups excluding carboxylic acids is 1. The van der Waals surface area contributed by atoms with Gasteiger partial charge in [-0.25, -0.2) is 4.98 Å². The molecular formula is C14H23N5O. The second-order valence-corrected chi connectivity index (χ2v) is 6.84. The molecule has 3 heterocycles. The first-order valence-corrected chi connectivity index (χ1v) is 7.41. The lowest BCUT2D eigenvalue weighted by Crippen LogP contribution is -2.52. The minimum absolute atomic E-state index is 0.0386. The highest BCUT2D eigenvalue weighted by Crippen LogP contribution is 2.22. The average Bonchev–Trinajstić information content (AvgIpc) is 3.05. The molecule has 1 N–H and O–H groups in total. The number of rotatable bonds is 1. The van der Waals surface area contributed by atoms with E-state index in [1.165, 1.54) is 19.4 Å². The Morgan fingerprint density at radius 2 is 2.10 bits per heavy atom. The fourth-order valence-electron chi connectivity index (χ4n) is 3.01. The number of amides is 1. The molecule has 1 atom stereocenters. The first kappa shape index (κ1) is 13.5. The molecule has 0 spiro atoms. The molecule has 20 heavy (non-hydrogen) atoms. The largest absolute Gasteiger partial charge is 0.333 e. The van der Waals surface area contributed by atoms with Crippen LogP contribution in [0.2, 0.25) is 0 Å². The van der Waals surface area contributed by atoms with Gasteiger partial charge in [0.15, 0.2) is 0 Å². The summed E-state index contributed by atoms with van der Waals surface area (Å²) in [5, 5.41) is 7.00. The standard InChI is InChI=1S/C14H23N5O/c1-14(2,3)13-15-11(16-17-13)12(20)19-8-7-18-6-4-5-10(18)9-19/h10H,4-9H2,1-3H3,(H,15,16,17). The molecule has 0 aliphatic carbocycles. The van der Waals surface area contributed by atoms with Crippen LogP contribution in [0.1, 0.15) is 50.1 Å². The Kier molecular flexibility index (Phi) is 3.28. The lowest BCUT2D eigenvalue weighted by Gasteiger charge is -2.36. The van der Waals surface area contributed by atoms with Gasteiger partial charge in [0.05, 0.1) is 0 Å². The zero-order valence-electron chi connectivity index (χ0n) is 12.5. The lowest BCUT2D eigenvalue weighted by atomic mass is 9.96. The van der Waals surface area contributed by atoms with Crippen LogP contribution in [0.4, 0.5) is 0 Å². The van der Waals surface area contributed by atoms with Gasteiger partial charge in [-0.3, -0.25) is 14.8 Å². The van der Waals surface area contributed by atoms with E-state index in [1.54, 1.807) is 0 Å². The third kappa shape index (κ3) is 2.44. The predicted molar refractivity (Wildman–Crippen MR) is 75.6 cm³/mol. The van der Waals surface area contributed by atoms with Gasteiger partial charge in [0.1, 0.15) is 5.82 Å². The normalized spacial score (nSPS) is 23.9. The van der Waals surface area contributed by atoms with Crippen molar-refractivity contribution in [2.24, 2.45) is 0 Å². The Morgan fingerprint density at radius 3 is 2.80 bits per heavy atom. The van der Waals surface area contributed by atoms with Crippen molar-refractivity contribution in [2.75, 3.05) is 26.2 Å². The monoisotopic (exact) mass is 277 g/mol. The smallest absolute Gasteiger partial charge is 0.293 e. The molecule has 0 saturated carbocycles. The highest BCUT2D eigenvalue weighted by atomic mass is 16.2. The zero-order valence-corrected chi connectivity index (χ0v) is 12.5. The summed E-state index contributed by atoms with van der Waals surface area (Å²) < 4.78 is 0. The van der Waals surface area contributed by atoms with Gasteiger partial charge in [-0.05, 0) is 19.4 Å². The third-order valence-corrected chi connectivity index (χ3v) is 4.26. The first-order chi connectivity index (χ1) is 9.45. The van der Waals surface area contributed by atoms with Gasteiger partial charge in [-0.2, -0.15) is 0 Å². The van der Waals surface area contributed by atoms with Gasteiger partial charge in [-0.1, -0.05) is 20.8 Å². The fourth-order valence-corrected chi connectivity index (χ4v) is 3.01. The van der Waals surface area contributed by atoms with Crippen LogP contribution in [0.15, 0.2) is 0 Å². The van der Waals surface area contributed by atoms with Crippen molar-refractivity contribution in [1.29, 1.82) is 0 Å². The summed E-state index contributed by atoms with van der Waals surface area (Å²) in [6, 6.07) is 0.536. The van der Waals surface area contributed by atoms with Crippen LogP contribution >= 0.6 is 0 Å². The number of H-pyrrole nitrogens is 1. The molecule has 2 aliphatic heterocycles. The second kappa shape index (κ2) is 4.84. The molecule has 110 valence electrons. The highest BCUT2D eigenvalue weighted by molar-refractivity contribution is 5.90. The van der Waals surface area contributed by atoms with E-state index in [1.807, 2.05) is 4.90 Å². The molecule has 2 saturated heterocycles. The van der Waals surface area contributed by atoms with E-state index in [-0.39, 0.29) is 11.3 Å². The summed E-state index contributed by atoms with van der Waals surface area (Å²) in [7, 11) is 0. The van der Waals surface area contributed by atoms with E-state index in [2.05, 4.69) is 40.9 Å². The predicted octanol–water partition coefficient (Wildman–Crippen LogP) is 1.02. The topological polar surface area (TPSA) is 65.1 Å². The Morgan fingerprint density at radius 1 is 1.30 bits per heavy atom. The number of hydrogen-bond acceptors (Lipinski definition) is 4. The number of piperazine rings is 1. The third-order valence-electron chi connectivity index (χ3n) is 4.26. The molecule has 1 aromatic heterocycles. The molecule has 2 aliphatic rings. The van der Waals surface area contributed by atoms with Crippen LogP contribution in [0.3, 0.4) is 0 Å². The molecule has 0 aromatic carbocycles. The number of carbonyl (C=O) groups is 1. The van der Waals surface area contributed by atoms with E-state index in [0.717, 1.165) is 25.5 Å². The van der Waals surface area contributed by atoms with E-state index >= 15 is 0 Å². The SMILES string of the molecule is CC(C)(C)c1nc(C(=O)N2CCN3CCCC3C2)n[nH]1. The molecule has 2 fully saturated rings. The Hall–Kier alpha value is -1.43. The quantitative estimate of drug-likeness (QED) is 0.832. The van der Waals surface area contributed by atoms with E-state index in [0.29, 0.717) is 11.9 Å². The number of nitrogens with zero attached hydrogens (tertiary/aromatic N) is 4. The van der Waals surface area contributed by atoms with Crippen molar-refractivity contribution < 1.29 is 4.79 Å². The summed E-state index contributed by atoms with van der Waals surface area (Å²) in [6.45, 7) is 9.93. The number of hydrogen-bond donors (Lipinski definition) is 1. The zero-order chi connectivity index (χ0) is 14.3. The van der Waals surface area contributed by atoms with Crippen LogP contribution in [0.5, 0.6) is 0 Å². The van der Waals surface area contributed by atoms with E-state index < -0.39 is 0 Å². The second-order valence-electron chi connectivity index (χ2n) is 6.84. The molecule has 0 bridgehead atoms. The summed E-state index contributed by atoms with van der Waals surface area (Å²) >= 11 is 0. The van der Waals surface area contributed by atoms with Crippen LogP contribution in [0, 0.1) is 0 Å². The fraction of sp³-hybridized carbons (Fsp3) is 0.786. The highest BCUT2D eigenvalue weighted by Gasteiger charge is 2.34. The van der Waals surface area contributed by atoms with Crippen LogP contribution in [0.25, 0.3) is 0 Å². The number of nitrogens with one attached hydrogen (secondary N) is 1. The van der Waals surface area contributed by atoms with Gasteiger partial charge in [0.25, 0.3) is 5.91 Å². The molecule has 3 rings (SSSR count). The van der Waals surface area contributed by atoms with Crippen LogP contribution < -0.4 is 0 Å². The van der Waals surface area contributed by atoms with Gasteiger partial charge in [0, 0.05) is 31.1 Å². The van der Waals surface area contributed by atoms with Crippen LogP contribution in [-0.2, 0) is 5.41 Å². The van der Waals surface area contributed by atoms with E-state index in [4.69, 9.17) is 0 Å². The molecule has 0 radical (unpaired) electrons. The summed E-state index contributed by atoms with van der Waals surface area (Å²) in [4.78, 5) is 21.3. The van der Waals surface area contributed by atoms with Gasteiger partial charge < -0.3 is 4.90 Å². The Labute approximate surface area is 119 Å². The Bertz CT molecular complexity index is 504. The molecule has 1 amide bonds. The minimum atomic E-state index is -0.115. The van der Waals surface area contributed by atoms with Gasteiger partial charge in [0.2, 0.25) is 5.82 Å². The first-order valence-electron chi connectivity index (χ1n) is 7.41. The molecular weight excluding hydrogens is 254 g/mol. The molecule has 6 heteroatoms. The molecule has 6 nitrogen and oxygen atoms in total.